The lowest BCUT2D eigenvalue weighted by atomic mass is 10.1. The van der Waals surface area contributed by atoms with Crippen LogP contribution < -0.4 is 10.2 Å². The number of fused-ring (bicyclic) bond motifs is 2. The van der Waals surface area contributed by atoms with Crippen LogP contribution in [-0.4, -0.2) is 55.8 Å². The number of hydrogen-bond donors (Lipinski definition) is 2. The van der Waals surface area contributed by atoms with Gasteiger partial charge in [-0.25, -0.2) is 9.97 Å². The topological polar surface area (TPSA) is 96.8 Å². The van der Waals surface area contributed by atoms with Crippen LogP contribution in [0.3, 0.4) is 0 Å². The number of nitrogens with one attached hydrogen (secondary N) is 2. The monoisotopic (exact) mass is 508 g/mol. The summed E-state index contributed by atoms with van der Waals surface area (Å²) in [4.78, 5) is 24.0. The van der Waals surface area contributed by atoms with Crippen molar-refractivity contribution < 1.29 is 17.9 Å². The fourth-order valence-corrected chi connectivity index (χ4v) is 4.33. The zero-order valence-electron chi connectivity index (χ0n) is 19.7. The number of aromatic amines is 1. The molecule has 2 aromatic carbocycles. The summed E-state index contributed by atoms with van der Waals surface area (Å²) >= 11 is 0. The Bertz CT molecular complexity index is 1500. The molecule has 4 heterocycles. The lowest BCUT2D eigenvalue weighted by molar-refractivity contribution is -0.137. The minimum atomic E-state index is -4.37. The number of H-pyrrole nitrogens is 1. The van der Waals surface area contributed by atoms with Gasteiger partial charge in [0.15, 0.2) is 17.0 Å². The van der Waals surface area contributed by atoms with Crippen LogP contribution >= 0.6 is 0 Å². The number of aromatic nitrogens is 6. The van der Waals surface area contributed by atoms with Crippen LogP contribution in [0.4, 0.5) is 24.9 Å². The summed E-state index contributed by atoms with van der Waals surface area (Å²) in [6, 6.07) is 12.9. The van der Waals surface area contributed by atoms with Crippen LogP contribution in [0.2, 0.25) is 0 Å². The number of imidazole rings is 2. The average molecular weight is 509 g/mol. The Balaban J connectivity index is 1.32. The van der Waals surface area contributed by atoms with E-state index >= 15 is 0 Å². The molecule has 1 saturated heterocycles. The number of benzene rings is 2. The summed E-state index contributed by atoms with van der Waals surface area (Å²) in [5.41, 5.74) is 3.00. The molecule has 3 aromatic heterocycles. The molecular formula is C25H23F3N8O. The van der Waals surface area contributed by atoms with E-state index in [9.17, 15) is 13.2 Å². The molecule has 190 valence electrons. The second-order valence-corrected chi connectivity index (χ2v) is 8.77. The van der Waals surface area contributed by atoms with Gasteiger partial charge in [0.05, 0.1) is 49.2 Å². The molecule has 5 aromatic rings. The number of hydrogen-bond acceptors (Lipinski definition) is 7. The molecule has 9 nitrogen and oxygen atoms in total. The SMILES string of the molecule is FC(F)(F)c1ccc(Cn2cnc3c(NCc4nc5ccccc5[nH]4)nc(N4CCOCC4)nc32)cc1. The van der Waals surface area contributed by atoms with Crippen LogP contribution in [0.5, 0.6) is 0 Å². The van der Waals surface area contributed by atoms with Gasteiger partial charge in [-0.3, -0.25) is 0 Å². The van der Waals surface area contributed by atoms with E-state index in [1.165, 1.54) is 12.1 Å². The molecular weight excluding hydrogens is 485 g/mol. The van der Waals surface area contributed by atoms with E-state index in [4.69, 9.17) is 14.7 Å². The zero-order chi connectivity index (χ0) is 25.4. The summed E-state index contributed by atoms with van der Waals surface area (Å²) < 4.78 is 46.2. The Kier molecular flexibility index (Phi) is 5.87. The van der Waals surface area contributed by atoms with E-state index in [1.807, 2.05) is 33.7 Å². The smallest absolute Gasteiger partial charge is 0.378 e. The van der Waals surface area contributed by atoms with Gasteiger partial charge < -0.3 is 24.5 Å². The van der Waals surface area contributed by atoms with Crippen molar-refractivity contribution in [2.75, 3.05) is 36.5 Å². The van der Waals surface area contributed by atoms with E-state index in [2.05, 4.69) is 20.3 Å². The predicted molar refractivity (Wildman–Crippen MR) is 132 cm³/mol. The van der Waals surface area contributed by atoms with Crippen LogP contribution in [0.1, 0.15) is 17.0 Å². The van der Waals surface area contributed by atoms with Gasteiger partial charge in [0.1, 0.15) is 5.82 Å². The lowest BCUT2D eigenvalue weighted by Gasteiger charge is -2.27. The highest BCUT2D eigenvalue weighted by atomic mass is 19.4. The third kappa shape index (κ3) is 4.79. The van der Waals surface area contributed by atoms with Crippen LogP contribution in [0.15, 0.2) is 54.9 Å². The first-order valence-electron chi connectivity index (χ1n) is 11.8. The van der Waals surface area contributed by atoms with E-state index in [-0.39, 0.29) is 0 Å². The van der Waals surface area contributed by atoms with Crippen molar-refractivity contribution in [2.24, 2.45) is 0 Å². The molecule has 6 rings (SSSR count). The first-order chi connectivity index (χ1) is 17.9. The Morgan fingerprint density at radius 1 is 0.973 bits per heavy atom. The van der Waals surface area contributed by atoms with Crippen molar-refractivity contribution in [3.63, 3.8) is 0 Å². The van der Waals surface area contributed by atoms with Crippen LogP contribution in [-0.2, 0) is 24.0 Å². The summed E-state index contributed by atoms with van der Waals surface area (Å²) in [6.07, 6.45) is -2.74. The molecule has 0 unspecified atom stereocenters. The van der Waals surface area contributed by atoms with Crippen molar-refractivity contribution in [3.05, 3.63) is 71.8 Å². The maximum absolute atomic E-state index is 13.0. The van der Waals surface area contributed by atoms with E-state index in [0.29, 0.717) is 67.9 Å². The zero-order valence-corrected chi connectivity index (χ0v) is 19.7. The summed E-state index contributed by atoms with van der Waals surface area (Å²) in [6.45, 7) is 3.18. The van der Waals surface area contributed by atoms with Gasteiger partial charge in [-0.2, -0.15) is 23.1 Å². The molecule has 1 aliphatic rings. The summed E-state index contributed by atoms with van der Waals surface area (Å²) in [5.74, 6) is 1.85. The van der Waals surface area contributed by atoms with Gasteiger partial charge in [0, 0.05) is 13.1 Å². The lowest BCUT2D eigenvalue weighted by Crippen LogP contribution is -2.37. The van der Waals surface area contributed by atoms with Crippen molar-refractivity contribution in [3.8, 4) is 0 Å². The number of anilines is 2. The van der Waals surface area contributed by atoms with Crippen molar-refractivity contribution in [2.45, 2.75) is 19.3 Å². The number of ether oxygens (including phenoxy) is 1. The molecule has 2 N–H and O–H groups in total. The number of morpholine rings is 1. The van der Waals surface area contributed by atoms with Gasteiger partial charge in [-0.05, 0) is 29.8 Å². The minimum Gasteiger partial charge on any atom is -0.378 e. The fraction of sp³-hybridized carbons (Fsp3) is 0.280. The van der Waals surface area contributed by atoms with Gasteiger partial charge in [0.25, 0.3) is 0 Å². The van der Waals surface area contributed by atoms with E-state index in [1.54, 1.807) is 6.33 Å². The van der Waals surface area contributed by atoms with Gasteiger partial charge in [-0.15, -0.1) is 0 Å². The number of rotatable bonds is 6. The highest BCUT2D eigenvalue weighted by Crippen LogP contribution is 2.30. The van der Waals surface area contributed by atoms with Crippen molar-refractivity contribution in [1.29, 1.82) is 0 Å². The van der Waals surface area contributed by atoms with Crippen LogP contribution in [0, 0.1) is 0 Å². The molecule has 0 spiro atoms. The fourth-order valence-electron chi connectivity index (χ4n) is 4.33. The quantitative estimate of drug-likeness (QED) is 0.355. The number of nitrogens with zero attached hydrogens (tertiary/aromatic N) is 6. The maximum atomic E-state index is 13.0. The molecule has 1 aliphatic heterocycles. The van der Waals surface area contributed by atoms with Gasteiger partial charge in [0.2, 0.25) is 5.95 Å². The molecule has 0 bridgehead atoms. The highest BCUT2D eigenvalue weighted by Gasteiger charge is 2.30. The molecule has 1 fully saturated rings. The Labute approximate surface area is 209 Å². The van der Waals surface area contributed by atoms with Crippen molar-refractivity contribution in [1.82, 2.24) is 29.5 Å². The average Bonchev–Trinajstić information content (AvgIpc) is 3.51. The molecule has 0 saturated carbocycles. The number of halogens is 3. The Morgan fingerprint density at radius 3 is 2.51 bits per heavy atom. The van der Waals surface area contributed by atoms with Crippen LogP contribution in [0.25, 0.3) is 22.2 Å². The summed E-state index contributed by atoms with van der Waals surface area (Å²) in [5, 5.41) is 3.34. The van der Waals surface area contributed by atoms with Gasteiger partial charge in [-0.1, -0.05) is 24.3 Å². The standard InChI is InChI=1S/C25H23F3N8O/c26-25(27,28)17-7-5-16(6-8-17)14-36-15-30-21-22(29-13-20-31-18-3-1-2-4-19(18)32-20)33-24(34-23(21)36)35-9-11-37-12-10-35/h1-8,15H,9-14H2,(H,31,32)(H,29,33,34). The molecule has 0 atom stereocenters. The first kappa shape index (κ1) is 23.2. The van der Waals surface area contributed by atoms with Crippen molar-refractivity contribution >= 4 is 34.0 Å². The second kappa shape index (κ2) is 9.36. The molecule has 0 radical (unpaired) electrons. The largest absolute Gasteiger partial charge is 0.416 e. The molecule has 0 aliphatic carbocycles. The second-order valence-electron chi connectivity index (χ2n) is 8.77. The predicted octanol–water partition coefficient (Wildman–Crippen LogP) is 4.22. The van der Waals surface area contributed by atoms with E-state index in [0.717, 1.165) is 29.0 Å². The normalized spacial score (nSPS) is 14.5. The molecule has 37 heavy (non-hydrogen) atoms. The number of alkyl halides is 3. The number of para-hydroxylation sites is 2. The maximum Gasteiger partial charge on any atom is 0.416 e. The Hall–Kier alpha value is -4.19. The highest BCUT2D eigenvalue weighted by molar-refractivity contribution is 5.84. The molecule has 0 amide bonds. The first-order valence-corrected chi connectivity index (χ1v) is 11.8. The molecule has 12 heteroatoms. The van der Waals surface area contributed by atoms with E-state index < -0.39 is 11.7 Å². The Morgan fingerprint density at radius 2 is 1.76 bits per heavy atom. The third-order valence-corrected chi connectivity index (χ3v) is 6.24. The van der Waals surface area contributed by atoms with Gasteiger partial charge >= 0.3 is 6.18 Å². The minimum absolute atomic E-state index is 0.317. The summed E-state index contributed by atoms with van der Waals surface area (Å²) in [7, 11) is 0. The third-order valence-electron chi connectivity index (χ3n) is 6.24.